The highest BCUT2D eigenvalue weighted by atomic mass is 32.2. The predicted octanol–water partition coefficient (Wildman–Crippen LogP) is 2.93. The van der Waals surface area contributed by atoms with Gasteiger partial charge in [0.1, 0.15) is 5.75 Å². The minimum Gasteiger partial charge on any atom is -0.496 e. The Morgan fingerprint density at radius 2 is 1.82 bits per heavy atom. The van der Waals surface area contributed by atoms with E-state index in [1.54, 1.807) is 7.11 Å². The van der Waals surface area contributed by atoms with E-state index in [1.165, 1.54) is 0 Å². The van der Waals surface area contributed by atoms with E-state index in [-0.39, 0.29) is 12.3 Å². The molecule has 22 heavy (non-hydrogen) atoms. The Kier molecular flexibility index (Phi) is 5.21. The Labute approximate surface area is 132 Å². The van der Waals surface area contributed by atoms with Crippen LogP contribution >= 0.6 is 0 Å². The third-order valence-electron chi connectivity index (χ3n) is 3.39. The summed E-state index contributed by atoms with van der Waals surface area (Å²) in [6.07, 6.45) is 0. The molecule has 0 saturated carbocycles. The molecule has 2 aromatic rings. The summed E-state index contributed by atoms with van der Waals surface area (Å²) >= 11 is 0. The molecule has 0 atom stereocenters. The number of aryl methyl sites for hydroxylation is 2. The Hall–Kier alpha value is -1.85. The number of hydrogen-bond acceptors (Lipinski definition) is 3. The second-order valence-electron chi connectivity index (χ2n) is 5.37. The molecule has 0 fully saturated rings. The Bertz CT molecular complexity index is 754. The first-order valence-corrected chi connectivity index (χ1v) is 8.71. The van der Waals surface area contributed by atoms with Gasteiger partial charge in [-0.15, -0.1) is 0 Å². The lowest BCUT2D eigenvalue weighted by atomic mass is 10.1. The maximum atomic E-state index is 12.2. The van der Waals surface area contributed by atoms with Crippen molar-refractivity contribution in [3.8, 4) is 5.75 Å². The Morgan fingerprint density at radius 1 is 1.05 bits per heavy atom. The summed E-state index contributed by atoms with van der Waals surface area (Å²) in [5, 5.41) is 0. The van der Waals surface area contributed by atoms with Crippen molar-refractivity contribution >= 4 is 10.0 Å². The SMILES string of the molecule is COc1ccc(CNS(=O)(=O)Cc2cccc(C)c2)cc1C. The first kappa shape index (κ1) is 16.5. The largest absolute Gasteiger partial charge is 0.496 e. The fourth-order valence-corrected chi connectivity index (χ4v) is 3.42. The molecule has 118 valence electrons. The molecule has 0 aliphatic carbocycles. The molecule has 2 aromatic carbocycles. The maximum Gasteiger partial charge on any atom is 0.216 e. The van der Waals surface area contributed by atoms with Crippen molar-refractivity contribution < 1.29 is 13.2 Å². The second kappa shape index (κ2) is 6.94. The van der Waals surface area contributed by atoms with E-state index >= 15 is 0 Å². The van der Waals surface area contributed by atoms with E-state index in [1.807, 2.05) is 56.3 Å². The van der Waals surface area contributed by atoms with E-state index in [0.29, 0.717) is 0 Å². The van der Waals surface area contributed by atoms with Crippen molar-refractivity contribution in [2.75, 3.05) is 7.11 Å². The monoisotopic (exact) mass is 319 g/mol. The van der Waals surface area contributed by atoms with Gasteiger partial charge in [-0.1, -0.05) is 42.0 Å². The van der Waals surface area contributed by atoms with Crippen LogP contribution in [-0.2, 0) is 22.3 Å². The van der Waals surface area contributed by atoms with Gasteiger partial charge in [0.25, 0.3) is 0 Å². The third kappa shape index (κ3) is 4.58. The molecule has 0 saturated heterocycles. The van der Waals surface area contributed by atoms with Crippen LogP contribution < -0.4 is 9.46 Å². The van der Waals surface area contributed by atoms with Crippen molar-refractivity contribution in [1.82, 2.24) is 4.72 Å². The minimum absolute atomic E-state index is 0.0101. The van der Waals surface area contributed by atoms with E-state index in [4.69, 9.17) is 4.74 Å². The zero-order valence-electron chi connectivity index (χ0n) is 13.1. The summed E-state index contributed by atoms with van der Waals surface area (Å²) < 4.78 is 32.1. The molecule has 0 aromatic heterocycles. The third-order valence-corrected chi connectivity index (χ3v) is 4.69. The van der Waals surface area contributed by atoms with Crippen LogP contribution in [0.5, 0.6) is 5.75 Å². The normalized spacial score (nSPS) is 11.4. The van der Waals surface area contributed by atoms with Crippen LogP contribution in [-0.4, -0.2) is 15.5 Å². The minimum atomic E-state index is -3.36. The van der Waals surface area contributed by atoms with Gasteiger partial charge >= 0.3 is 0 Å². The van der Waals surface area contributed by atoms with E-state index in [9.17, 15) is 8.42 Å². The molecule has 1 N–H and O–H groups in total. The molecule has 0 aliphatic rings. The zero-order chi connectivity index (χ0) is 16.2. The number of ether oxygens (including phenoxy) is 1. The molecule has 0 unspecified atom stereocenters. The molecular formula is C17H21NO3S. The van der Waals surface area contributed by atoms with Crippen LogP contribution in [0.1, 0.15) is 22.3 Å². The highest BCUT2D eigenvalue weighted by molar-refractivity contribution is 7.88. The standard InChI is InChI=1S/C17H21NO3S/c1-13-5-4-6-16(9-13)12-22(19,20)18-11-15-7-8-17(21-3)14(2)10-15/h4-10,18H,11-12H2,1-3H3. The molecule has 4 nitrogen and oxygen atoms in total. The fourth-order valence-electron chi connectivity index (χ4n) is 2.32. The Balaban J connectivity index is 2.02. The van der Waals surface area contributed by atoms with Gasteiger partial charge < -0.3 is 4.74 Å². The lowest BCUT2D eigenvalue weighted by Crippen LogP contribution is -2.24. The summed E-state index contributed by atoms with van der Waals surface area (Å²) in [5.41, 5.74) is 3.74. The fraction of sp³-hybridized carbons (Fsp3) is 0.294. The highest BCUT2D eigenvalue weighted by Gasteiger charge is 2.11. The van der Waals surface area contributed by atoms with Gasteiger partial charge in [0, 0.05) is 6.54 Å². The Morgan fingerprint density at radius 3 is 2.45 bits per heavy atom. The van der Waals surface area contributed by atoms with E-state index in [2.05, 4.69) is 4.72 Å². The molecule has 0 spiro atoms. The number of nitrogens with one attached hydrogen (secondary N) is 1. The zero-order valence-corrected chi connectivity index (χ0v) is 13.9. The van der Waals surface area contributed by atoms with Crippen LogP contribution in [0.2, 0.25) is 0 Å². The topological polar surface area (TPSA) is 55.4 Å². The van der Waals surface area contributed by atoms with E-state index < -0.39 is 10.0 Å². The number of methoxy groups -OCH3 is 1. The van der Waals surface area contributed by atoms with Crippen molar-refractivity contribution in [2.45, 2.75) is 26.1 Å². The lowest BCUT2D eigenvalue weighted by molar-refractivity contribution is 0.411. The summed E-state index contributed by atoms with van der Waals surface area (Å²) in [6, 6.07) is 13.2. The number of rotatable bonds is 6. The van der Waals surface area contributed by atoms with Gasteiger partial charge in [0.2, 0.25) is 10.0 Å². The molecule has 2 rings (SSSR count). The predicted molar refractivity (Wildman–Crippen MR) is 88.4 cm³/mol. The summed E-state index contributed by atoms with van der Waals surface area (Å²) in [6.45, 7) is 4.16. The average Bonchev–Trinajstić information content (AvgIpc) is 2.45. The van der Waals surface area contributed by atoms with Crippen LogP contribution in [0, 0.1) is 13.8 Å². The molecule has 0 radical (unpaired) electrons. The first-order chi connectivity index (χ1) is 10.4. The molecule has 0 amide bonds. The van der Waals surface area contributed by atoms with Gasteiger partial charge in [0.05, 0.1) is 12.9 Å². The molecule has 0 bridgehead atoms. The van der Waals surface area contributed by atoms with Crippen LogP contribution in [0.15, 0.2) is 42.5 Å². The first-order valence-electron chi connectivity index (χ1n) is 7.06. The molecule has 0 heterocycles. The maximum absolute atomic E-state index is 12.2. The summed E-state index contributed by atoms with van der Waals surface area (Å²) in [5.74, 6) is 0.787. The van der Waals surface area contributed by atoms with Crippen molar-refractivity contribution in [1.29, 1.82) is 0 Å². The average molecular weight is 319 g/mol. The highest BCUT2D eigenvalue weighted by Crippen LogP contribution is 2.18. The second-order valence-corrected chi connectivity index (χ2v) is 7.18. The number of benzene rings is 2. The van der Waals surface area contributed by atoms with Crippen LogP contribution in [0.3, 0.4) is 0 Å². The van der Waals surface area contributed by atoms with Gasteiger partial charge in [-0.2, -0.15) is 0 Å². The molecule has 0 aliphatic heterocycles. The van der Waals surface area contributed by atoms with Gasteiger partial charge in [-0.05, 0) is 36.6 Å². The number of sulfonamides is 1. The smallest absolute Gasteiger partial charge is 0.216 e. The van der Waals surface area contributed by atoms with Gasteiger partial charge in [-0.3, -0.25) is 0 Å². The van der Waals surface area contributed by atoms with Crippen molar-refractivity contribution in [2.24, 2.45) is 0 Å². The van der Waals surface area contributed by atoms with E-state index in [0.717, 1.165) is 28.0 Å². The van der Waals surface area contributed by atoms with Gasteiger partial charge in [0.15, 0.2) is 0 Å². The van der Waals surface area contributed by atoms with Crippen molar-refractivity contribution in [3.63, 3.8) is 0 Å². The summed E-state index contributed by atoms with van der Waals surface area (Å²) in [7, 11) is -1.74. The quantitative estimate of drug-likeness (QED) is 0.890. The van der Waals surface area contributed by atoms with Gasteiger partial charge in [-0.25, -0.2) is 13.1 Å². The molecule has 5 heteroatoms. The lowest BCUT2D eigenvalue weighted by Gasteiger charge is -2.10. The molecular weight excluding hydrogens is 298 g/mol. The van der Waals surface area contributed by atoms with Crippen molar-refractivity contribution in [3.05, 3.63) is 64.7 Å². The van der Waals surface area contributed by atoms with Crippen LogP contribution in [0.25, 0.3) is 0 Å². The van der Waals surface area contributed by atoms with Crippen LogP contribution in [0.4, 0.5) is 0 Å². The number of hydrogen-bond donors (Lipinski definition) is 1. The summed E-state index contributed by atoms with van der Waals surface area (Å²) in [4.78, 5) is 0.